The van der Waals surface area contributed by atoms with Crippen molar-refractivity contribution in [2.45, 2.75) is 31.8 Å². The van der Waals surface area contributed by atoms with E-state index in [9.17, 15) is 18.4 Å². The predicted molar refractivity (Wildman–Crippen MR) is 112 cm³/mol. The summed E-state index contributed by atoms with van der Waals surface area (Å²) in [6, 6.07) is 16.9. The third kappa shape index (κ3) is 5.69. The van der Waals surface area contributed by atoms with Gasteiger partial charge in [0.25, 0.3) is 5.91 Å². The topological polar surface area (TPSA) is 82.5 Å². The van der Waals surface area contributed by atoms with E-state index < -0.39 is 25.1 Å². The number of hydrogen-bond acceptors (Lipinski definition) is 5. The molecule has 4 rings (SSSR count). The van der Waals surface area contributed by atoms with Crippen molar-refractivity contribution in [3.63, 3.8) is 0 Å². The number of hydrogen-bond donors (Lipinski definition) is 1. The number of nitrogens with one attached hydrogen (secondary N) is 1. The molecular formula is C23H21F2N3O4. The van der Waals surface area contributed by atoms with Gasteiger partial charge in [0.05, 0.1) is 17.8 Å². The van der Waals surface area contributed by atoms with Gasteiger partial charge in [-0.3, -0.25) is 9.59 Å². The quantitative estimate of drug-likeness (QED) is 0.506. The maximum atomic E-state index is 12.4. The lowest BCUT2D eigenvalue weighted by Crippen LogP contribution is -2.23. The van der Waals surface area contributed by atoms with Crippen LogP contribution in [0.4, 0.5) is 14.6 Å². The molecule has 166 valence electrons. The number of benzene rings is 2. The van der Waals surface area contributed by atoms with Gasteiger partial charge in [0, 0.05) is 12.0 Å². The summed E-state index contributed by atoms with van der Waals surface area (Å²) < 4.78 is 35.4. The van der Waals surface area contributed by atoms with Crippen LogP contribution in [0.1, 0.15) is 30.0 Å². The molecule has 0 bridgehead atoms. The molecule has 9 heteroatoms. The van der Waals surface area contributed by atoms with Gasteiger partial charge in [-0.1, -0.05) is 30.3 Å². The molecule has 0 atom stereocenters. The lowest BCUT2D eigenvalue weighted by Gasteiger charge is -2.09. The van der Waals surface area contributed by atoms with E-state index in [-0.39, 0.29) is 12.2 Å². The second kappa shape index (κ2) is 9.59. The van der Waals surface area contributed by atoms with Crippen molar-refractivity contribution in [3.8, 4) is 11.4 Å². The molecule has 2 aromatic carbocycles. The molecule has 0 unspecified atom stereocenters. The van der Waals surface area contributed by atoms with Gasteiger partial charge in [0.2, 0.25) is 0 Å². The number of aromatic nitrogens is 2. The summed E-state index contributed by atoms with van der Waals surface area (Å²) in [5.41, 5.74) is 2.28. The lowest BCUT2D eigenvalue weighted by atomic mass is 10.1. The Balaban J connectivity index is 1.32. The summed E-state index contributed by atoms with van der Waals surface area (Å²) in [6.07, 6.45) is 2.05. The average molecular weight is 441 g/mol. The Morgan fingerprint density at radius 1 is 1.09 bits per heavy atom. The van der Waals surface area contributed by atoms with Crippen molar-refractivity contribution >= 4 is 17.7 Å². The van der Waals surface area contributed by atoms with Crippen LogP contribution in [0.2, 0.25) is 0 Å². The molecule has 3 aromatic rings. The molecule has 0 aliphatic heterocycles. The van der Waals surface area contributed by atoms with Crippen molar-refractivity contribution in [3.05, 3.63) is 71.9 Å². The number of para-hydroxylation sites is 1. The van der Waals surface area contributed by atoms with Crippen LogP contribution in [0.3, 0.4) is 0 Å². The molecule has 1 aliphatic carbocycles. The minimum absolute atomic E-state index is 0.00269. The van der Waals surface area contributed by atoms with Crippen LogP contribution in [-0.4, -0.2) is 34.9 Å². The molecule has 0 saturated heterocycles. The van der Waals surface area contributed by atoms with Gasteiger partial charge < -0.3 is 14.8 Å². The zero-order valence-electron chi connectivity index (χ0n) is 17.0. The second-order valence-electron chi connectivity index (χ2n) is 7.38. The van der Waals surface area contributed by atoms with Gasteiger partial charge in [0.1, 0.15) is 11.6 Å². The smallest absolute Gasteiger partial charge is 0.387 e. The molecular weight excluding hydrogens is 420 g/mol. The van der Waals surface area contributed by atoms with Crippen molar-refractivity contribution < 1.29 is 27.8 Å². The van der Waals surface area contributed by atoms with Crippen molar-refractivity contribution in [1.82, 2.24) is 9.78 Å². The van der Waals surface area contributed by atoms with E-state index in [2.05, 4.69) is 15.2 Å². The highest BCUT2D eigenvalue weighted by atomic mass is 19.3. The monoisotopic (exact) mass is 441 g/mol. The predicted octanol–water partition coefficient (Wildman–Crippen LogP) is 4.08. The fraction of sp³-hybridized carbons (Fsp3) is 0.261. The Labute approximate surface area is 182 Å². The highest BCUT2D eigenvalue weighted by Crippen LogP contribution is 2.40. The number of halogens is 2. The minimum atomic E-state index is -2.91. The molecule has 1 fully saturated rings. The van der Waals surface area contributed by atoms with E-state index in [0.717, 1.165) is 24.2 Å². The molecule has 32 heavy (non-hydrogen) atoms. The highest BCUT2D eigenvalue weighted by molar-refractivity contribution is 5.92. The summed E-state index contributed by atoms with van der Waals surface area (Å²) in [6.45, 7) is -3.37. The summed E-state index contributed by atoms with van der Waals surface area (Å²) in [5, 5.41) is 7.36. The molecule has 1 aliphatic rings. The Morgan fingerprint density at radius 2 is 1.81 bits per heavy atom. The van der Waals surface area contributed by atoms with Gasteiger partial charge in [0.15, 0.2) is 6.61 Å². The summed E-state index contributed by atoms with van der Waals surface area (Å²) in [4.78, 5) is 24.4. The standard InChI is InChI=1S/C23H21F2N3O4/c24-23(25)32-18-10-6-15(7-11-18)12-22(30)31-14-21(29)26-20-13-19(16-8-9-16)27-28(20)17-4-2-1-3-5-17/h1-7,10-11,13,16,23H,8-9,12,14H2,(H,26,29). The number of nitrogens with zero attached hydrogens (tertiary/aromatic N) is 2. The molecule has 1 amide bonds. The van der Waals surface area contributed by atoms with Crippen LogP contribution in [-0.2, 0) is 20.7 Å². The third-order valence-electron chi connectivity index (χ3n) is 4.85. The molecule has 1 saturated carbocycles. The number of carbonyl (C=O) groups excluding carboxylic acids is 2. The van der Waals surface area contributed by atoms with Crippen LogP contribution in [0.25, 0.3) is 5.69 Å². The van der Waals surface area contributed by atoms with Crippen LogP contribution < -0.4 is 10.1 Å². The normalized spacial score (nSPS) is 13.1. The zero-order chi connectivity index (χ0) is 22.5. The molecule has 7 nitrogen and oxygen atoms in total. The number of anilines is 1. The minimum Gasteiger partial charge on any atom is -0.455 e. The first-order valence-electron chi connectivity index (χ1n) is 10.1. The maximum absolute atomic E-state index is 12.4. The number of amides is 1. The van der Waals surface area contributed by atoms with Crippen LogP contribution in [0.15, 0.2) is 60.7 Å². The van der Waals surface area contributed by atoms with E-state index in [4.69, 9.17) is 4.74 Å². The number of rotatable bonds is 9. The summed E-state index contributed by atoms with van der Waals surface area (Å²) in [7, 11) is 0. The van der Waals surface area contributed by atoms with Gasteiger partial charge in [-0.05, 0) is 42.7 Å². The van der Waals surface area contributed by atoms with E-state index in [0.29, 0.717) is 17.3 Å². The Bertz CT molecular complexity index is 1080. The Morgan fingerprint density at radius 3 is 2.47 bits per heavy atom. The molecule has 1 aromatic heterocycles. The van der Waals surface area contributed by atoms with E-state index in [1.54, 1.807) is 4.68 Å². The van der Waals surface area contributed by atoms with E-state index in [1.165, 1.54) is 24.3 Å². The Kier molecular flexibility index (Phi) is 6.44. The van der Waals surface area contributed by atoms with Crippen molar-refractivity contribution in [2.75, 3.05) is 11.9 Å². The second-order valence-corrected chi connectivity index (χ2v) is 7.38. The summed E-state index contributed by atoms with van der Waals surface area (Å²) >= 11 is 0. The van der Waals surface area contributed by atoms with Gasteiger partial charge >= 0.3 is 12.6 Å². The van der Waals surface area contributed by atoms with Crippen LogP contribution in [0.5, 0.6) is 5.75 Å². The highest BCUT2D eigenvalue weighted by Gasteiger charge is 2.28. The SMILES string of the molecule is O=C(COC(=O)Cc1ccc(OC(F)F)cc1)Nc1cc(C2CC2)nn1-c1ccccc1. The van der Waals surface area contributed by atoms with Gasteiger partial charge in [-0.15, -0.1) is 0 Å². The van der Waals surface area contributed by atoms with Gasteiger partial charge in [-0.2, -0.15) is 13.9 Å². The average Bonchev–Trinajstić information content (AvgIpc) is 3.55. The lowest BCUT2D eigenvalue weighted by molar-refractivity contribution is -0.146. The molecule has 1 heterocycles. The summed E-state index contributed by atoms with van der Waals surface area (Å²) in [5.74, 6) is -0.187. The third-order valence-corrected chi connectivity index (χ3v) is 4.85. The van der Waals surface area contributed by atoms with E-state index in [1.807, 2.05) is 36.4 Å². The van der Waals surface area contributed by atoms with Crippen molar-refractivity contribution in [1.29, 1.82) is 0 Å². The fourth-order valence-electron chi connectivity index (χ4n) is 3.16. The number of ether oxygens (including phenoxy) is 2. The first-order valence-corrected chi connectivity index (χ1v) is 10.1. The molecule has 1 N–H and O–H groups in total. The first kappa shape index (κ1) is 21.5. The first-order chi connectivity index (χ1) is 15.5. The van der Waals surface area contributed by atoms with Crippen molar-refractivity contribution in [2.24, 2.45) is 0 Å². The number of esters is 1. The fourth-order valence-corrected chi connectivity index (χ4v) is 3.16. The number of alkyl halides is 2. The molecule has 0 radical (unpaired) electrons. The maximum Gasteiger partial charge on any atom is 0.387 e. The number of carbonyl (C=O) groups is 2. The largest absolute Gasteiger partial charge is 0.455 e. The van der Waals surface area contributed by atoms with Gasteiger partial charge in [-0.25, -0.2) is 4.68 Å². The van der Waals surface area contributed by atoms with Crippen LogP contribution >= 0.6 is 0 Å². The Hall–Kier alpha value is -3.75. The van der Waals surface area contributed by atoms with Crippen LogP contribution in [0, 0.1) is 0 Å². The zero-order valence-corrected chi connectivity index (χ0v) is 17.0. The van der Waals surface area contributed by atoms with E-state index >= 15 is 0 Å². The molecule has 0 spiro atoms.